The fourth-order valence-corrected chi connectivity index (χ4v) is 3.60. The SMILES string of the molecule is CCC(=O)N(CCC(C)N1CCCCC1)c1cccs1. The van der Waals surface area contributed by atoms with Gasteiger partial charge in [0.2, 0.25) is 5.91 Å². The number of thiophene rings is 1. The van der Waals surface area contributed by atoms with Crippen LogP contribution in [0.3, 0.4) is 0 Å². The first-order valence-corrected chi connectivity index (χ1v) is 8.68. The summed E-state index contributed by atoms with van der Waals surface area (Å²) >= 11 is 1.65. The quantitative estimate of drug-likeness (QED) is 0.797. The second-order valence-electron chi connectivity index (χ2n) is 5.58. The first kappa shape index (κ1) is 15.5. The van der Waals surface area contributed by atoms with Gasteiger partial charge in [-0.1, -0.05) is 13.3 Å². The van der Waals surface area contributed by atoms with Gasteiger partial charge in [-0.3, -0.25) is 4.79 Å². The number of carbonyl (C=O) groups is 1. The lowest BCUT2D eigenvalue weighted by Crippen LogP contribution is -2.40. The van der Waals surface area contributed by atoms with Crippen LogP contribution in [0.2, 0.25) is 0 Å². The molecule has 1 aliphatic rings. The average molecular weight is 294 g/mol. The summed E-state index contributed by atoms with van der Waals surface area (Å²) < 4.78 is 0. The molecule has 4 heteroatoms. The minimum Gasteiger partial charge on any atom is -0.304 e. The third kappa shape index (κ3) is 4.06. The Balaban J connectivity index is 1.89. The minimum atomic E-state index is 0.235. The number of piperidine rings is 1. The van der Waals surface area contributed by atoms with E-state index < -0.39 is 0 Å². The van der Waals surface area contributed by atoms with Gasteiger partial charge in [0, 0.05) is 19.0 Å². The van der Waals surface area contributed by atoms with Crippen molar-refractivity contribution in [2.75, 3.05) is 24.5 Å². The maximum atomic E-state index is 12.1. The van der Waals surface area contributed by atoms with E-state index in [1.807, 2.05) is 29.3 Å². The summed E-state index contributed by atoms with van der Waals surface area (Å²) in [7, 11) is 0. The Bertz CT molecular complexity index is 399. The van der Waals surface area contributed by atoms with Crippen molar-refractivity contribution in [1.29, 1.82) is 0 Å². The van der Waals surface area contributed by atoms with Crippen molar-refractivity contribution in [3.63, 3.8) is 0 Å². The van der Waals surface area contributed by atoms with Crippen molar-refractivity contribution < 1.29 is 4.79 Å². The Kier molecular flexibility index (Phi) is 6.05. The van der Waals surface area contributed by atoms with Crippen LogP contribution >= 0.6 is 11.3 Å². The molecule has 1 fully saturated rings. The normalized spacial score (nSPS) is 17.9. The van der Waals surface area contributed by atoms with Crippen LogP contribution < -0.4 is 4.90 Å². The minimum absolute atomic E-state index is 0.235. The first-order chi connectivity index (χ1) is 9.72. The van der Waals surface area contributed by atoms with Crippen molar-refractivity contribution in [1.82, 2.24) is 4.90 Å². The highest BCUT2D eigenvalue weighted by Crippen LogP contribution is 2.23. The van der Waals surface area contributed by atoms with E-state index in [2.05, 4.69) is 11.8 Å². The molecule has 0 radical (unpaired) electrons. The smallest absolute Gasteiger partial charge is 0.227 e. The molecule has 0 saturated carbocycles. The molecule has 0 spiro atoms. The summed E-state index contributed by atoms with van der Waals surface area (Å²) in [5, 5.41) is 3.13. The predicted molar refractivity (Wildman–Crippen MR) is 86.5 cm³/mol. The van der Waals surface area contributed by atoms with E-state index in [1.54, 1.807) is 11.3 Å². The molecule has 3 nitrogen and oxygen atoms in total. The highest BCUT2D eigenvalue weighted by molar-refractivity contribution is 7.14. The molecule has 1 atom stereocenters. The number of rotatable bonds is 6. The molecule has 20 heavy (non-hydrogen) atoms. The van der Waals surface area contributed by atoms with Gasteiger partial charge in [-0.15, -0.1) is 11.3 Å². The lowest BCUT2D eigenvalue weighted by molar-refractivity contribution is -0.118. The molecule has 112 valence electrons. The van der Waals surface area contributed by atoms with E-state index in [0.29, 0.717) is 12.5 Å². The zero-order valence-electron chi connectivity index (χ0n) is 12.7. The molecule has 1 unspecified atom stereocenters. The topological polar surface area (TPSA) is 23.6 Å². The molecule has 1 aromatic heterocycles. The fraction of sp³-hybridized carbons (Fsp3) is 0.688. The number of anilines is 1. The van der Waals surface area contributed by atoms with Gasteiger partial charge in [0.15, 0.2) is 0 Å². The molecule has 1 saturated heterocycles. The van der Waals surface area contributed by atoms with Gasteiger partial charge < -0.3 is 9.80 Å². The van der Waals surface area contributed by atoms with Crippen LogP contribution in [0.1, 0.15) is 46.0 Å². The Labute approximate surface area is 126 Å². The van der Waals surface area contributed by atoms with E-state index in [-0.39, 0.29) is 5.91 Å². The summed E-state index contributed by atoms with van der Waals surface area (Å²) in [6, 6.07) is 4.63. The third-order valence-electron chi connectivity index (χ3n) is 4.16. The fourth-order valence-electron chi connectivity index (χ4n) is 2.83. The van der Waals surface area contributed by atoms with Crippen molar-refractivity contribution in [2.24, 2.45) is 0 Å². The molecule has 0 bridgehead atoms. The number of hydrogen-bond donors (Lipinski definition) is 0. The van der Waals surface area contributed by atoms with Crippen LogP contribution in [0.25, 0.3) is 0 Å². The van der Waals surface area contributed by atoms with Crippen LogP contribution in [-0.2, 0) is 4.79 Å². The zero-order valence-corrected chi connectivity index (χ0v) is 13.5. The van der Waals surface area contributed by atoms with Crippen LogP contribution in [-0.4, -0.2) is 36.5 Å². The van der Waals surface area contributed by atoms with E-state index in [0.717, 1.165) is 18.0 Å². The van der Waals surface area contributed by atoms with Gasteiger partial charge in [0.25, 0.3) is 0 Å². The third-order valence-corrected chi connectivity index (χ3v) is 5.05. The van der Waals surface area contributed by atoms with Crippen molar-refractivity contribution >= 4 is 22.2 Å². The van der Waals surface area contributed by atoms with Crippen LogP contribution in [0.15, 0.2) is 17.5 Å². The number of nitrogens with zero attached hydrogens (tertiary/aromatic N) is 2. The molecule has 0 N–H and O–H groups in total. The number of hydrogen-bond acceptors (Lipinski definition) is 3. The van der Waals surface area contributed by atoms with E-state index in [1.165, 1.54) is 32.4 Å². The Hall–Kier alpha value is -0.870. The summed E-state index contributed by atoms with van der Waals surface area (Å²) in [4.78, 5) is 16.7. The Morgan fingerprint density at radius 3 is 2.75 bits per heavy atom. The van der Waals surface area contributed by atoms with Crippen molar-refractivity contribution in [2.45, 2.75) is 52.0 Å². The molecule has 2 rings (SSSR count). The highest BCUT2D eigenvalue weighted by atomic mass is 32.1. The van der Waals surface area contributed by atoms with Crippen LogP contribution in [0.4, 0.5) is 5.00 Å². The number of likely N-dealkylation sites (tertiary alicyclic amines) is 1. The van der Waals surface area contributed by atoms with Gasteiger partial charge in [-0.05, 0) is 56.8 Å². The van der Waals surface area contributed by atoms with Gasteiger partial charge in [0.05, 0.1) is 5.00 Å². The molecule has 1 aromatic rings. The maximum absolute atomic E-state index is 12.1. The largest absolute Gasteiger partial charge is 0.304 e. The summed E-state index contributed by atoms with van der Waals surface area (Å²) in [5.74, 6) is 0.235. The van der Waals surface area contributed by atoms with Gasteiger partial charge in [-0.25, -0.2) is 0 Å². The average Bonchev–Trinajstić information content (AvgIpc) is 3.02. The highest BCUT2D eigenvalue weighted by Gasteiger charge is 2.20. The summed E-state index contributed by atoms with van der Waals surface area (Å²) in [6.45, 7) is 7.53. The van der Waals surface area contributed by atoms with E-state index >= 15 is 0 Å². The Morgan fingerprint density at radius 1 is 1.40 bits per heavy atom. The van der Waals surface area contributed by atoms with Gasteiger partial charge in [0.1, 0.15) is 0 Å². The standard InChI is InChI=1S/C16H26N2OS/c1-3-15(19)18(16-8-7-13-20-16)12-9-14(2)17-10-5-4-6-11-17/h7-8,13-14H,3-6,9-12H2,1-2H3. The second kappa shape index (κ2) is 7.79. The number of carbonyl (C=O) groups excluding carboxylic acids is 1. The molecule has 1 aliphatic heterocycles. The molecule has 1 amide bonds. The second-order valence-corrected chi connectivity index (χ2v) is 6.51. The molecular formula is C16H26N2OS. The molecule has 2 heterocycles. The van der Waals surface area contributed by atoms with Gasteiger partial charge in [-0.2, -0.15) is 0 Å². The molecule has 0 aliphatic carbocycles. The summed E-state index contributed by atoms with van der Waals surface area (Å²) in [5.41, 5.74) is 0. The molecular weight excluding hydrogens is 268 g/mol. The monoisotopic (exact) mass is 294 g/mol. The zero-order chi connectivity index (χ0) is 14.4. The maximum Gasteiger partial charge on any atom is 0.227 e. The van der Waals surface area contributed by atoms with E-state index in [4.69, 9.17) is 0 Å². The van der Waals surface area contributed by atoms with Crippen molar-refractivity contribution in [3.05, 3.63) is 17.5 Å². The van der Waals surface area contributed by atoms with Crippen LogP contribution in [0, 0.1) is 0 Å². The van der Waals surface area contributed by atoms with Crippen LogP contribution in [0.5, 0.6) is 0 Å². The number of amides is 1. The molecule has 0 aromatic carbocycles. The lowest BCUT2D eigenvalue weighted by Gasteiger charge is -2.33. The predicted octanol–water partition coefficient (Wildman–Crippen LogP) is 3.76. The Morgan fingerprint density at radius 2 is 2.15 bits per heavy atom. The lowest BCUT2D eigenvalue weighted by atomic mass is 10.1. The van der Waals surface area contributed by atoms with Gasteiger partial charge >= 0.3 is 0 Å². The van der Waals surface area contributed by atoms with E-state index in [9.17, 15) is 4.79 Å². The van der Waals surface area contributed by atoms with Crippen molar-refractivity contribution in [3.8, 4) is 0 Å². The first-order valence-electron chi connectivity index (χ1n) is 7.80. The summed E-state index contributed by atoms with van der Waals surface area (Å²) in [6.07, 6.45) is 5.66.